The van der Waals surface area contributed by atoms with E-state index in [0.717, 1.165) is 25.1 Å². The third-order valence-electron chi connectivity index (χ3n) is 4.30. The first-order chi connectivity index (χ1) is 10.0. The Balaban J connectivity index is 2.12. The average Bonchev–Trinajstić information content (AvgIpc) is 2.48. The lowest BCUT2D eigenvalue weighted by Gasteiger charge is -2.36. The normalized spacial score (nSPS) is 23.0. The lowest BCUT2D eigenvalue weighted by molar-refractivity contribution is -0.385. The molecule has 116 valence electrons. The number of likely N-dealkylation sites (tertiary alicyclic amines) is 1. The largest absolute Gasteiger partial charge is 0.496 e. The van der Waals surface area contributed by atoms with E-state index in [1.165, 1.54) is 13.2 Å². The second-order valence-electron chi connectivity index (χ2n) is 5.79. The van der Waals surface area contributed by atoms with Gasteiger partial charge in [-0.15, -0.1) is 0 Å². The molecule has 1 heterocycles. The Bertz CT molecular complexity index is 507. The maximum absolute atomic E-state index is 11.0. The molecule has 1 saturated heterocycles. The molecule has 0 radical (unpaired) electrons. The smallest absolute Gasteiger partial charge is 0.273 e. The molecule has 1 aromatic carbocycles. The second kappa shape index (κ2) is 6.87. The minimum absolute atomic E-state index is 0.0742. The number of methoxy groups -OCH3 is 1. The SMILES string of the molecule is COc1cc(CN2CCC(C)C(CN)C2)cc([N+](=O)[O-])c1. The zero-order chi connectivity index (χ0) is 15.4. The third-order valence-corrected chi connectivity index (χ3v) is 4.30. The molecule has 1 aliphatic heterocycles. The van der Waals surface area contributed by atoms with Crippen LogP contribution in [0.3, 0.4) is 0 Å². The fourth-order valence-corrected chi connectivity index (χ4v) is 2.89. The first-order valence-corrected chi connectivity index (χ1v) is 7.28. The van der Waals surface area contributed by atoms with Gasteiger partial charge in [-0.2, -0.15) is 0 Å². The Hall–Kier alpha value is -1.66. The van der Waals surface area contributed by atoms with Crippen LogP contribution in [-0.2, 0) is 6.54 Å². The summed E-state index contributed by atoms with van der Waals surface area (Å²) in [6, 6.07) is 4.94. The number of nitro groups is 1. The van der Waals surface area contributed by atoms with Crippen LogP contribution in [0.4, 0.5) is 5.69 Å². The van der Waals surface area contributed by atoms with E-state index in [2.05, 4.69) is 11.8 Å². The van der Waals surface area contributed by atoms with Crippen LogP contribution in [0.1, 0.15) is 18.9 Å². The van der Waals surface area contributed by atoms with Crippen LogP contribution in [0.25, 0.3) is 0 Å². The van der Waals surface area contributed by atoms with Crippen LogP contribution in [0.2, 0.25) is 0 Å². The Kier molecular flexibility index (Phi) is 5.14. The number of hydrogen-bond donors (Lipinski definition) is 1. The molecule has 0 saturated carbocycles. The zero-order valence-electron chi connectivity index (χ0n) is 12.6. The summed E-state index contributed by atoms with van der Waals surface area (Å²) in [4.78, 5) is 12.9. The van der Waals surface area contributed by atoms with Crippen LogP contribution >= 0.6 is 0 Å². The number of rotatable bonds is 5. The zero-order valence-corrected chi connectivity index (χ0v) is 12.6. The van der Waals surface area contributed by atoms with Gasteiger partial charge < -0.3 is 10.5 Å². The van der Waals surface area contributed by atoms with Gasteiger partial charge >= 0.3 is 0 Å². The number of nitrogens with zero attached hydrogens (tertiary/aromatic N) is 2. The monoisotopic (exact) mass is 293 g/mol. The number of ether oxygens (including phenoxy) is 1. The van der Waals surface area contributed by atoms with Gasteiger partial charge in [0.05, 0.1) is 18.1 Å². The van der Waals surface area contributed by atoms with Gasteiger partial charge in [-0.25, -0.2) is 0 Å². The maximum Gasteiger partial charge on any atom is 0.273 e. The topological polar surface area (TPSA) is 81.6 Å². The van der Waals surface area contributed by atoms with Gasteiger partial charge in [0.25, 0.3) is 5.69 Å². The fraction of sp³-hybridized carbons (Fsp3) is 0.600. The van der Waals surface area contributed by atoms with Gasteiger partial charge in [0.15, 0.2) is 0 Å². The molecule has 2 atom stereocenters. The molecule has 6 nitrogen and oxygen atoms in total. The molecule has 2 rings (SSSR count). The van der Waals surface area contributed by atoms with Crippen molar-refractivity contribution >= 4 is 5.69 Å². The highest BCUT2D eigenvalue weighted by atomic mass is 16.6. The first-order valence-electron chi connectivity index (χ1n) is 7.28. The summed E-state index contributed by atoms with van der Waals surface area (Å²) in [5.74, 6) is 1.67. The Morgan fingerprint density at radius 2 is 2.24 bits per heavy atom. The maximum atomic E-state index is 11.0. The van der Waals surface area contributed by atoms with Crippen molar-refractivity contribution in [2.75, 3.05) is 26.7 Å². The van der Waals surface area contributed by atoms with Gasteiger partial charge in [-0.05, 0) is 43.0 Å². The summed E-state index contributed by atoms with van der Waals surface area (Å²) >= 11 is 0. The number of non-ortho nitro benzene ring substituents is 1. The average molecular weight is 293 g/mol. The van der Waals surface area contributed by atoms with E-state index in [1.54, 1.807) is 6.07 Å². The molecule has 1 aromatic rings. The number of nitrogens with two attached hydrogens (primary N) is 1. The van der Waals surface area contributed by atoms with E-state index in [1.807, 2.05) is 6.07 Å². The van der Waals surface area contributed by atoms with E-state index in [-0.39, 0.29) is 10.6 Å². The van der Waals surface area contributed by atoms with Crippen molar-refractivity contribution in [1.29, 1.82) is 0 Å². The van der Waals surface area contributed by atoms with Gasteiger partial charge in [0, 0.05) is 19.2 Å². The van der Waals surface area contributed by atoms with Crippen molar-refractivity contribution in [3.05, 3.63) is 33.9 Å². The van der Waals surface area contributed by atoms with Crippen molar-refractivity contribution in [3.63, 3.8) is 0 Å². The molecule has 0 spiro atoms. The Morgan fingerprint density at radius 3 is 2.86 bits per heavy atom. The Labute approximate surface area is 125 Å². The number of piperidine rings is 1. The third kappa shape index (κ3) is 3.92. The van der Waals surface area contributed by atoms with E-state index >= 15 is 0 Å². The van der Waals surface area contributed by atoms with Crippen molar-refractivity contribution in [2.45, 2.75) is 19.9 Å². The van der Waals surface area contributed by atoms with Crippen LogP contribution in [0, 0.1) is 22.0 Å². The highest BCUT2D eigenvalue weighted by Crippen LogP contribution is 2.27. The number of nitro benzene ring substituents is 1. The van der Waals surface area contributed by atoms with E-state index in [0.29, 0.717) is 30.7 Å². The highest BCUT2D eigenvalue weighted by Gasteiger charge is 2.25. The number of benzene rings is 1. The predicted molar refractivity (Wildman–Crippen MR) is 81.3 cm³/mol. The van der Waals surface area contributed by atoms with Crippen LogP contribution in [-0.4, -0.2) is 36.6 Å². The van der Waals surface area contributed by atoms with E-state index in [9.17, 15) is 10.1 Å². The van der Waals surface area contributed by atoms with Gasteiger partial charge in [-0.1, -0.05) is 6.92 Å². The summed E-state index contributed by atoms with van der Waals surface area (Å²) in [6.07, 6.45) is 1.12. The standard InChI is InChI=1S/C15H23N3O3/c1-11-3-4-17(10-13(11)8-16)9-12-5-14(18(19)20)7-15(6-12)21-2/h5-7,11,13H,3-4,8-10,16H2,1-2H3. The lowest BCUT2D eigenvalue weighted by Crippen LogP contribution is -2.42. The lowest BCUT2D eigenvalue weighted by atomic mass is 9.87. The predicted octanol–water partition coefficient (Wildman–Crippen LogP) is 2.02. The molecule has 1 fully saturated rings. The molecule has 0 aromatic heterocycles. The summed E-state index contributed by atoms with van der Waals surface area (Å²) in [6.45, 7) is 5.58. The van der Waals surface area contributed by atoms with Gasteiger partial charge in [-0.3, -0.25) is 15.0 Å². The van der Waals surface area contributed by atoms with Gasteiger partial charge in [0.2, 0.25) is 0 Å². The fourth-order valence-electron chi connectivity index (χ4n) is 2.89. The van der Waals surface area contributed by atoms with Crippen molar-refractivity contribution < 1.29 is 9.66 Å². The summed E-state index contributed by atoms with van der Waals surface area (Å²) in [7, 11) is 1.52. The van der Waals surface area contributed by atoms with Gasteiger partial charge in [0.1, 0.15) is 5.75 Å². The molecule has 2 N–H and O–H groups in total. The quantitative estimate of drug-likeness (QED) is 0.663. The van der Waals surface area contributed by atoms with Crippen molar-refractivity contribution in [1.82, 2.24) is 4.90 Å². The number of hydrogen-bond acceptors (Lipinski definition) is 5. The molecular weight excluding hydrogens is 270 g/mol. The van der Waals surface area contributed by atoms with E-state index in [4.69, 9.17) is 10.5 Å². The minimum Gasteiger partial charge on any atom is -0.496 e. The summed E-state index contributed by atoms with van der Waals surface area (Å²) < 4.78 is 5.15. The molecule has 2 unspecified atom stereocenters. The van der Waals surface area contributed by atoms with Crippen LogP contribution in [0.5, 0.6) is 5.75 Å². The minimum atomic E-state index is -0.382. The molecular formula is C15H23N3O3. The second-order valence-corrected chi connectivity index (χ2v) is 5.79. The molecule has 0 bridgehead atoms. The van der Waals surface area contributed by atoms with Crippen molar-refractivity contribution in [3.8, 4) is 5.75 Å². The first kappa shape index (κ1) is 15.7. The summed E-state index contributed by atoms with van der Waals surface area (Å²) in [5.41, 5.74) is 6.81. The molecule has 6 heteroatoms. The van der Waals surface area contributed by atoms with Crippen LogP contribution in [0.15, 0.2) is 18.2 Å². The summed E-state index contributed by atoms with van der Waals surface area (Å²) in [5, 5.41) is 11.0. The van der Waals surface area contributed by atoms with E-state index < -0.39 is 0 Å². The molecule has 1 aliphatic rings. The molecule has 0 aliphatic carbocycles. The highest BCUT2D eigenvalue weighted by molar-refractivity contribution is 5.42. The molecule has 0 amide bonds. The van der Waals surface area contributed by atoms with Crippen LogP contribution < -0.4 is 10.5 Å². The van der Waals surface area contributed by atoms with Crippen molar-refractivity contribution in [2.24, 2.45) is 17.6 Å². The Morgan fingerprint density at radius 1 is 1.48 bits per heavy atom. The molecule has 21 heavy (non-hydrogen) atoms.